The number of fused-ring (bicyclic) bond motifs is 1. The van der Waals surface area contributed by atoms with E-state index in [2.05, 4.69) is 61.5 Å². The molecule has 0 amide bonds. The third-order valence-electron chi connectivity index (χ3n) is 3.42. The Morgan fingerprint density at radius 2 is 1.68 bits per heavy atom. The Morgan fingerprint density at radius 3 is 2.47 bits per heavy atom. The number of hydrogen-bond donors (Lipinski definition) is 0. The first kappa shape index (κ1) is 11.8. The van der Waals surface area contributed by atoms with Gasteiger partial charge in [0.2, 0.25) is 0 Å². The second-order valence-electron chi connectivity index (χ2n) is 4.76. The predicted octanol–water partition coefficient (Wildman–Crippen LogP) is 4.82. The molecule has 0 saturated heterocycles. The maximum Gasteiger partial charge on any atom is 0.119 e. The lowest BCUT2D eigenvalue weighted by molar-refractivity contribution is 0.415. The Hall–Kier alpha value is -2.28. The van der Waals surface area contributed by atoms with Crippen LogP contribution < -0.4 is 4.74 Å². The molecule has 3 rings (SSSR count). The van der Waals surface area contributed by atoms with Gasteiger partial charge in [-0.25, -0.2) is 0 Å². The highest BCUT2D eigenvalue weighted by atomic mass is 16.5. The van der Waals surface area contributed by atoms with Gasteiger partial charge in [0.25, 0.3) is 0 Å². The van der Waals surface area contributed by atoms with Crippen LogP contribution in [0.1, 0.15) is 5.56 Å². The summed E-state index contributed by atoms with van der Waals surface area (Å²) in [5.41, 5.74) is 3.81. The van der Waals surface area contributed by atoms with Crippen molar-refractivity contribution >= 4 is 10.8 Å². The molecule has 0 fully saturated rings. The smallest absolute Gasteiger partial charge is 0.119 e. The Labute approximate surface area is 113 Å². The van der Waals surface area contributed by atoms with Crippen LogP contribution in [0.25, 0.3) is 21.9 Å². The summed E-state index contributed by atoms with van der Waals surface area (Å²) in [5.74, 6) is 0.897. The van der Waals surface area contributed by atoms with Crippen LogP contribution in [0.3, 0.4) is 0 Å². The lowest BCUT2D eigenvalue weighted by Gasteiger charge is -2.09. The molecule has 19 heavy (non-hydrogen) atoms. The number of hydrogen-bond acceptors (Lipinski definition) is 1. The third-order valence-corrected chi connectivity index (χ3v) is 3.42. The van der Waals surface area contributed by atoms with E-state index < -0.39 is 0 Å². The van der Waals surface area contributed by atoms with Gasteiger partial charge in [-0.05, 0) is 41.0 Å². The van der Waals surface area contributed by atoms with E-state index >= 15 is 0 Å². The van der Waals surface area contributed by atoms with E-state index in [0.29, 0.717) is 0 Å². The zero-order valence-corrected chi connectivity index (χ0v) is 11.2. The minimum atomic E-state index is 0.897. The largest absolute Gasteiger partial charge is 0.497 e. The van der Waals surface area contributed by atoms with E-state index in [1.54, 1.807) is 7.11 Å². The zero-order chi connectivity index (χ0) is 13.2. The molecule has 0 aliphatic rings. The topological polar surface area (TPSA) is 9.23 Å². The first-order valence-corrected chi connectivity index (χ1v) is 6.42. The van der Waals surface area contributed by atoms with Crippen LogP contribution in [-0.4, -0.2) is 7.11 Å². The highest BCUT2D eigenvalue weighted by Crippen LogP contribution is 2.31. The quantitative estimate of drug-likeness (QED) is 0.631. The fourth-order valence-electron chi connectivity index (χ4n) is 2.45. The molecule has 0 aliphatic carbocycles. The number of methoxy groups -OCH3 is 1. The summed E-state index contributed by atoms with van der Waals surface area (Å²) in [6, 6.07) is 21.2. The zero-order valence-electron chi connectivity index (χ0n) is 11.2. The summed E-state index contributed by atoms with van der Waals surface area (Å²) < 4.78 is 5.29. The first-order valence-electron chi connectivity index (χ1n) is 6.42. The van der Waals surface area contributed by atoms with Gasteiger partial charge in [0.15, 0.2) is 0 Å². The van der Waals surface area contributed by atoms with Crippen molar-refractivity contribution in [1.29, 1.82) is 0 Å². The lowest BCUT2D eigenvalue weighted by atomic mass is 9.97. The average molecular weight is 248 g/mol. The molecule has 0 N–H and O–H groups in total. The van der Waals surface area contributed by atoms with Crippen molar-refractivity contribution in [3.05, 3.63) is 66.2 Å². The van der Waals surface area contributed by atoms with E-state index in [9.17, 15) is 0 Å². The van der Waals surface area contributed by atoms with E-state index in [1.165, 1.54) is 27.5 Å². The minimum absolute atomic E-state index is 0.897. The van der Waals surface area contributed by atoms with E-state index in [-0.39, 0.29) is 0 Å². The minimum Gasteiger partial charge on any atom is -0.497 e. The van der Waals surface area contributed by atoms with Gasteiger partial charge in [-0.15, -0.1) is 0 Å². The second-order valence-corrected chi connectivity index (χ2v) is 4.76. The standard InChI is InChI=1S/C18H16O/c1-13-5-3-6-14(11-13)17-8-4-7-15-12-16(19-2)9-10-18(15)17/h3-12H,1-2H3. The molecule has 0 saturated carbocycles. The van der Waals surface area contributed by atoms with Crippen LogP contribution in [0.4, 0.5) is 0 Å². The van der Waals surface area contributed by atoms with Gasteiger partial charge in [-0.3, -0.25) is 0 Å². The van der Waals surface area contributed by atoms with Crippen LogP contribution in [0.2, 0.25) is 0 Å². The number of benzene rings is 3. The summed E-state index contributed by atoms with van der Waals surface area (Å²) in [6.45, 7) is 2.12. The molecule has 0 spiro atoms. The van der Waals surface area contributed by atoms with Crippen molar-refractivity contribution in [2.75, 3.05) is 7.11 Å². The van der Waals surface area contributed by atoms with Gasteiger partial charge in [-0.2, -0.15) is 0 Å². The van der Waals surface area contributed by atoms with E-state index in [4.69, 9.17) is 4.74 Å². The van der Waals surface area contributed by atoms with Gasteiger partial charge in [0.05, 0.1) is 7.11 Å². The molecule has 0 bridgehead atoms. The third kappa shape index (κ3) is 2.19. The molecule has 0 atom stereocenters. The molecule has 3 aromatic rings. The molecule has 0 unspecified atom stereocenters. The van der Waals surface area contributed by atoms with Crippen molar-refractivity contribution in [3.8, 4) is 16.9 Å². The van der Waals surface area contributed by atoms with Crippen molar-refractivity contribution in [2.24, 2.45) is 0 Å². The lowest BCUT2D eigenvalue weighted by Crippen LogP contribution is -1.85. The SMILES string of the molecule is COc1ccc2c(-c3cccc(C)c3)cccc2c1. The van der Waals surface area contributed by atoms with Crippen LogP contribution in [0.5, 0.6) is 5.75 Å². The molecule has 0 aliphatic heterocycles. The highest BCUT2D eigenvalue weighted by Gasteiger charge is 2.04. The van der Waals surface area contributed by atoms with Crippen molar-refractivity contribution < 1.29 is 4.74 Å². The van der Waals surface area contributed by atoms with Crippen LogP contribution in [-0.2, 0) is 0 Å². The number of ether oxygens (including phenoxy) is 1. The van der Waals surface area contributed by atoms with Gasteiger partial charge in [0, 0.05) is 0 Å². The monoisotopic (exact) mass is 248 g/mol. The van der Waals surface area contributed by atoms with Gasteiger partial charge >= 0.3 is 0 Å². The Kier molecular flexibility index (Phi) is 2.96. The molecular formula is C18H16O. The summed E-state index contributed by atoms with van der Waals surface area (Å²) in [4.78, 5) is 0. The summed E-state index contributed by atoms with van der Waals surface area (Å²) in [7, 11) is 1.70. The first-order chi connectivity index (χ1) is 9.28. The molecule has 0 radical (unpaired) electrons. The number of aryl methyl sites for hydroxylation is 1. The van der Waals surface area contributed by atoms with Gasteiger partial charge in [-0.1, -0.05) is 54.1 Å². The Balaban J connectivity index is 2.24. The molecule has 1 nitrogen and oxygen atoms in total. The van der Waals surface area contributed by atoms with E-state index in [1.807, 2.05) is 6.07 Å². The summed E-state index contributed by atoms with van der Waals surface area (Å²) in [5, 5.41) is 2.47. The predicted molar refractivity (Wildman–Crippen MR) is 80.7 cm³/mol. The molecule has 0 heterocycles. The summed E-state index contributed by atoms with van der Waals surface area (Å²) >= 11 is 0. The molecule has 1 heteroatoms. The molecule has 3 aromatic carbocycles. The Morgan fingerprint density at radius 1 is 0.842 bits per heavy atom. The molecular weight excluding hydrogens is 232 g/mol. The maximum atomic E-state index is 5.29. The van der Waals surface area contributed by atoms with Crippen molar-refractivity contribution in [1.82, 2.24) is 0 Å². The van der Waals surface area contributed by atoms with Gasteiger partial charge < -0.3 is 4.74 Å². The maximum absolute atomic E-state index is 5.29. The molecule has 94 valence electrons. The fourth-order valence-corrected chi connectivity index (χ4v) is 2.45. The molecule has 0 aromatic heterocycles. The Bertz CT molecular complexity index is 729. The van der Waals surface area contributed by atoms with Crippen LogP contribution >= 0.6 is 0 Å². The van der Waals surface area contributed by atoms with Crippen LogP contribution in [0.15, 0.2) is 60.7 Å². The van der Waals surface area contributed by atoms with Crippen LogP contribution in [0, 0.1) is 6.92 Å². The number of rotatable bonds is 2. The normalized spacial score (nSPS) is 10.6. The van der Waals surface area contributed by atoms with E-state index in [0.717, 1.165) is 5.75 Å². The fraction of sp³-hybridized carbons (Fsp3) is 0.111. The summed E-state index contributed by atoms with van der Waals surface area (Å²) in [6.07, 6.45) is 0. The highest BCUT2D eigenvalue weighted by molar-refractivity contribution is 5.97. The van der Waals surface area contributed by atoms with Crippen molar-refractivity contribution in [2.45, 2.75) is 6.92 Å². The second kappa shape index (κ2) is 4.77. The average Bonchev–Trinajstić information content (AvgIpc) is 2.46. The van der Waals surface area contributed by atoms with Crippen molar-refractivity contribution in [3.63, 3.8) is 0 Å². The van der Waals surface area contributed by atoms with Gasteiger partial charge in [0.1, 0.15) is 5.75 Å².